The van der Waals surface area contributed by atoms with Crippen molar-refractivity contribution in [3.8, 4) is 0 Å². The van der Waals surface area contributed by atoms with E-state index in [1.165, 1.54) is 0 Å². The average molecular weight is 405 g/mol. The van der Waals surface area contributed by atoms with Crippen molar-refractivity contribution in [3.05, 3.63) is 35.4 Å². The van der Waals surface area contributed by atoms with E-state index in [4.69, 9.17) is 9.47 Å². The first-order valence-electron chi connectivity index (χ1n) is 10.7. The molecule has 0 saturated carbocycles. The molecule has 2 rings (SSSR count). The van der Waals surface area contributed by atoms with E-state index in [2.05, 4.69) is 15.6 Å². The fourth-order valence-corrected chi connectivity index (χ4v) is 3.21. The lowest BCUT2D eigenvalue weighted by atomic mass is 10.1. The molecule has 2 N–H and O–H groups in total. The van der Waals surface area contributed by atoms with Crippen LogP contribution in [0.3, 0.4) is 0 Å². The highest BCUT2D eigenvalue weighted by Crippen LogP contribution is 2.12. The van der Waals surface area contributed by atoms with Gasteiger partial charge in [-0.3, -0.25) is 9.79 Å². The van der Waals surface area contributed by atoms with Crippen molar-refractivity contribution in [1.29, 1.82) is 0 Å². The molecule has 0 aromatic heterocycles. The van der Waals surface area contributed by atoms with Crippen LogP contribution in [0.4, 0.5) is 0 Å². The summed E-state index contributed by atoms with van der Waals surface area (Å²) >= 11 is 0. The lowest BCUT2D eigenvalue weighted by Crippen LogP contribution is -2.37. The number of carbonyl (C=O) groups is 1. The molecular weight excluding hydrogens is 368 g/mol. The van der Waals surface area contributed by atoms with Gasteiger partial charge in [0.05, 0.1) is 13.2 Å². The van der Waals surface area contributed by atoms with Gasteiger partial charge >= 0.3 is 0 Å². The number of hydrogen-bond acceptors (Lipinski definition) is 4. The summed E-state index contributed by atoms with van der Waals surface area (Å²) in [5.41, 5.74) is 1.83. The van der Waals surface area contributed by atoms with Crippen LogP contribution in [0.1, 0.15) is 42.6 Å². The van der Waals surface area contributed by atoms with E-state index in [0.29, 0.717) is 12.5 Å². The number of nitrogens with one attached hydrogen (secondary N) is 2. The predicted octanol–water partition coefficient (Wildman–Crippen LogP) is 2.28. The standard InChI is InChI=1S/C22H36N4O3/c1-4-26(5-2)21(27)20-9-7-18(8-10-20)15-25-22(23-3)24-12-6-13-28-16-19-11-14-29-17-19/h7-10,19H,4-6,11-17H2,1-3H3,(H2,23,24,25). The zero-order valence-electron chi connectivity index (χ0n) is 18.1. The highest BCUT2D eigenvalue weighted by atomic mass is 16.5. The topological polar surface area (TPSA) is 75.2 Å². The Kier molecular flexibility index (Phi) is 10.5. The Bertz CT molecular complexity index is 623. The van der Waals surface area contributed by atoms with Gasteiger partial charge in [0, 0.05) is 57.9 Å². The summed E-state index contributed by atoms with van der Waals surface area (Å²) in [7, 11) is 1.76. The van der Waals surface area contributed by atoms with E-state index in [1.807, 2.05) is 43.0 Å². The number of amides is 1. The second kappa shape index (κ2) is 13.2. The van der Waals surface area contributed by atoms with Crippen LogP contribution in [0.5, 0.6) is 0 Å². The number of hydrogen-bond donors (Lipinski definition) is 2. The molecule has 1 heterocycles. The monoisotopic (exact) mass is 404 g/mol. The van der Waals surface area contributed by atoms with Crippen molar-refractivity contribution in [3.63, 3.8) is 0 Å². The molecule has 162 valence electrons. The summed E-state index contributed by atoms with van der Waals surface area (Å²) < 4.78 is 11.1. The number of rotatable bonds is 11. The van der Waals surface area contributed by atoms with Crippen LogP contribution in [0.2, 0.25) is 0 Å². The lowest BCUT2D eigenvalue weighted by molar-refractivity contribution is 0.0773. The van der Waals surface area contributed by atoms with Crippen molar-refractivity contribution in [2.24, 2.45) is 10.9 Å². The number of aliphatic imine (C=N–C) groups is 1. The van der Waals surface area contributed by atoms with Gasteiger partial charge in [-0.05, 0) is 44.4 Å². The molecule has 1 unspecified atom stereocenters. The first kappa shape index (κ1) is 23.2. The van der Waals surface area contributed by atoms with Crippen molar-refractivity contribution in [2.45, 2.75) is 33.2 Å². The zero-order chi connectivity index (χ0) is 20.9. The van der Waals surface area contributed by atoms with Crippen molar-refractivity contribution in [2.75, 3.05) is 53.1 Å². The molecule has 1 aliphatic rings. The first-order chi connectivity index (χ1) is 14.2. The molecule has 29 heavy (non-hydrogen) atoms. The fraction of sp³-hybridized carbons (Fsp3) is 0.636. The molecule has 1 saturated heterocycles. The highest BCUT2D eigenvalue weighted by Gasteiger charge is 2.15. The molecule has 1 aliphatic heterocycles. The van der Waals surface area contributed by atoms with E-state index in [-0.39, 0.29) is 5.91 Å². The SMILES string of the molecule is CCN(CC)C(=O)c1ccc(CNC(=NC)NCCCOCC2CCOC2)cc1. The third-order valence-corrected chi connectivity index (χ3v) is 5.07. The summed E-state index contributed by atoms with van der Waals surface area (Å²) in [6.45, 7) is 10.1. The van der Waals surface area contributed by atoms with Gasteiger partial charge in [0.1, 0.15) is 0 Å². The molecule has 7 heteroatoms. The van der Waals surface area contributed by atoms with Crippen LogP contribution < -0.4 is 10.6 Å². The van der Waals surface area contributed by atoms with Crippen molar-refractivity contribution in [1.82, 2.24) is 15.5 Å². The summed E-state index contributed by atoms with van der Waals surface area (Å²) in [6.07, 6.45) is 2.04. The van der Waals surface area contributed by atoms with E-state index in [9.17, 15) is 4.79 Å². The largest absolute Gasteiger partial charge is 0.381 e. The molecule has 7 nitrogen and oxygen atoms in total. The molecule has 1 fully saturated rings. The Morgan fingerprint density at radius 2 is 2.00 bits per heavy atom. The molecule has 0 bridgehead atoms. The van der Waals surface area contributed by atoms with Gasteiger partial charge in [-0.2, -0.15) is 0 Å². The first-order valence-corrected chi connectivity index (χ1v) is 10.7. The van der Waals surface area contributed by atoms with Gasteiger partial charge in [-0.15, -0.1) is 0 Å². The molecular formula is C22H36N4O3. The Labute approximate surface area is 174 Å². The maximum atomic E-state index is 12.4. The second-order valence-electron chi connectivity index (χ2n) is 7.18. The molecule has 0 aliphatic carbocycles. The second-order valence-corrected chi connectivity index (χ2v) is 7.18. The Hall–Kier alpha value is -2.12. The van der Waals surface area contributed by atoms with Gasteiger partial charge in [0.2, 0.25) is 0 Å². The zero-order valence-corrected chi connectivity index (χ0v) is 18.1. The summed E-state index contributed by atoms with van der Waals surface area (Å²) in [6, 6.07) is 7.75. The Morgan fingerprint density at radius 3 is 2.62 bits per heavy atom. The van der Waals surface area contributed by atoms with Crippen LogP contribution in [0.15, 0.2) is 29.3 Å². The highest BCUT2D eigenvalue weighted by molar-refractivity contribution is 5.94. The summed E-state index contributed by atoms with van der Waals surface area (Å²) in [4.78, 5) is 18.4. The maximum absolute atomic E-state index is 12.4. The van der Waals surface area contributed by atoms with Gasteiger partial charge in [-0.1, -0.05) is 12.1 Å². The van der Waals surface area contributed by atoms with E-state index in [1.54, 1.807) is 7.05 Å². The Morgan fingerprint density at radius 1 is 1.24 bits per heavy atom. The van der Waals surface area contributed by atoms with Crippen molar-refractivity contribution >= 4 is 11.9 Å². The average Bonchev–Trinajstić information content (AvgIpc) is 3.27. The fourth-order valence-electron chi connectivity index (χ4n) is 3.21. The number of ether oxygens (including phenoxy) is 2. The Balaban J connectivity index is 1.64. The maximum Gasteiger partial charge on any atom is 0.253 e. The van der Waals surface area contributed by atoms with Crippen LogP contribution in [0, 0.1) is 5.92 Å². The summed E-state index contributed by atoms with van der Waals surface area (Å²) in [5, 5.41) is 6.60. The quantitative estimate of drug-likeness (QED) is 0.336. The normalized spacial score (nSPS) is 16.7. The van der Waals surface area contributed by atoms with Gasteiger partial charge in [0.15, 0.2) is 5.96 Å². The minimum atomic E-state index is 0.0784. The van der Waals surface area contributed by atoms with Crippen LogP contribution in [-0.4, -0.2) is 69.9 Å². The lowest BCUT2D eigenvalue weighted by Gasteiger charge is -2.18. The third kappa shape index (κ3) is 8.03. The van der Waals surface area contributed by atoms with Gasteiger partial charge in [0.25, 0.3) is 5.91 Å². The van der Waals surface area contributed by atoms with Crippen molar-refractivity contribution < 1.29 is 14.3 Å². The molecule has 1 amide bonds. The molecule has 0 radical (unpaired) electrons. The van der Waals surface area contributed by atoms with Crippen LogP contribution in [-0.2, 0) is 16.0 Å². The smallest absolute Gasteiger partial charge is 0.253 e. The molecule has 1 aromatic carbocycles. The number of nitrogens with zero attached hydrogens (tertiary/aromatic N) is 2. The van der Waals surface area contributed by atoms with Crippen LogP contribution in [0.25, 0.3) is 0 Å². The van der Waals surface area contributed by atoms with Gasteiger partial charge < -0.3 is 25.0 Å². The van der Waals surface area contributed by atoms with Gasteiger partial charge in [-0.25, -0.2) is 0 Å². The van der Waals surface area contributed by atoms with E-state index < -0.39 is 0 Å². The minimum absolute atomic E-state index is 0.0784. The number of carbonyl (C=O) groups excluding carboxylic acids is 1. The molecule has 1 atom stereocenters. The number of guanidine groups is 1. The third-order valence-electron chi connectivity index (χ3n) is 5.07. The summed E-state index contributed by atoms with van der Waals surface area (Å²) in [5.74, 6) is 1.40. The minimum Gasteiger partial charge on any atom is -0.381 e. The molecule has 1 aromatic rings. The van der Waals surface area contributed by atoms with E-state index >= 15 is 0 Å². The molecule has 0 spiro atoms. The number of benzene rings is 1. The van der Waals surface area contributed by atoms with E-state index in [0.717, 1.165) is 76.0 Å². The predicted molar refractivity (Wildman–Crippen MR) is 116 cm³/mol. The van der Waals surface area contributed by atoms with Crippen LogP contribution >= 0.6 is 0 Å².